The summed E-state index contributed by atoms with van der Waals surface area (Å²) in [7, 11) is 0. The second-order valence-electron chi connectivity index (χ2n) is 2.54. The van der Waals surface area contributed by atoms with Crippen LogP contribution in [0, 0.1) is 0 Å². The number of halogens is 1. The molecule has 0 fully saturated rings. The van der Waals surface area contributed by atoms with Crippen LogP contribution < -0.4 is 0 Å². The Morgan fingerprint density at radius 2 is 2.38 bits per heavy atom. The standard InChI is InChI=1S/C8H7ClN2OS/c1-5(9)8-11-2-6(12-8)7-3-10-4-13-7/h2-5H,1H3. The minimum Gasteiger partial charge on any atom is -0.438 e. The number of nitrogens with zero attached hydrogens (tertiary/aromatic N) is 2. The van der Waals surface area contributed by atoms with Crippen LogP contribution in [0.1, 0.15) is 18.2 Å². The van der Waals surface area contributed by atoms with Gasteiger partial charge in [-0.3, -0.25) is 4.98 Å². The number of rotatable bonds is 2. The molecule has 0 aliphatic rings. The van der Waals surface area contributed by atoms with E-state index in [0.29, 0.717) is 5.89 Å². The van der Waals surface area contributed by atoms with E-state index in [9.17, 15) is 0 Å². The molecule has 0 aliphatic heterocycles. The highest BCUT2D eigenvalue weighted by Gasteiger charge is 2.11. The lowest BCUT2D eigenvalue weighted by Crippen LogP contribution is -1.80. The zero-order valence-corrected chi connectivity index (χ0v) is 8.47. The summed E-state index contributed by atoms with van der Waals surface area (Å²) in [4.78, 5) is 8.97. The molecule has 13 heavy (non-hydrogen) atoms. The summed E-state index contributed by atoms with van der Waals surface area (Å²) in [6, 6.07) is 0. The van der Waals surface area contributed by atoms with Gasteiger partial charge in [-0.2, -0.15) is 0 Å². The Balaban J connectivity index is 2.33. The van der Waals surface area contributed by atoms with Crippen molar-refractivity contribution in [2.75, 3.05) is 0 Å². The fourth-order valence-corrected chi connectivity index (χ4v) is 1.59. The predicted octanol–water partition coefficient (Wildman–Crippen LogP) is 3.10. The summed E-state index contributed by atoms with van der Waals surface area (Å²) < 4.78 is 5.42. The van der Waals surface area contributed by atoms with Crippen molar-refractivity contribution in [2.24, 2.45) is 0 Å². The van der Waals surface area contributed by atoms with Gasteiger partial charge in [0, 0.05) is 6.20 Å². The summed E-state index contributed by atoms with van der Waals surface area (Å²) in [5, 5.41) is -0.193. The van der Waals surface area contributed by atoms with Crippen molar-refractivity contribution >= 4 is 22.9 Å². The fraction of sp³-hybridized carbons (Fsp3) is 0.250. The zero-order chi connectivity index (χ0) is 9.26. The molecule has 0 bridgehead atoms. The van der Waals surface area contributed by atoms with E-state index >= 15 is 0 Å². The highest BCUT2D eigenvalue weighted by atomic mass is 35.5. The first-order valence-corrected chi connectivity index (χ1v) is 5.07. The Labute approximate surface area is 84.4 Å². The highest BCUT2D eigenvalue weighted by Crippen LogP contribution is 2.27. The topological polar surface area (TPSA) is 38.9 Å². The van der Waals surface area contributed by atoms with Crippen LogP contribution in [-0.4, -0.2) is 9.97 Å². The third-order valence-electron chi connectivity index (χ3n) is 1.54. The van der Waals surface area contributed by atoms with Crippen LogP contribution >= 0.6 is 22.9 Å². The molecule has 2 rings (SSSR count). The molecule has 1 atom stereocenters. The summed E-state index contributed by atoms with van der Waals surface area (Å²) >= 11 is 7.32. The number of hydrogen-bond acceptors (Lipinski definition) is 4. The zero-order valence-electron chi connectivity index (χ0n) is 6.90. The first-order valence-electron chi connectivity index (χ1n) is 3.76. The monoisotopic (exact) mass is 214 g/mol. The number of oxazole rings is 1. The van der Waals surface area contributed by atoms with Gasteiger partial charge in [0.2, 0.25) is 5.89 Å². The summed E-state index contributed by atoms with van der Waals surface area (Å²) in [5.41, 5.74) is 1.75. The average molecular weight is 215 g/mol. The van der Waals surface area contributed by atoms with Gasteiger partial charge in [0.15, 0.2) is 5.76 Å². The van der Waals surface area contributed by atoms with Crippen molar-refractivity contribution in [2.45, 2.75) is 12.3 Å². The summed E-state index contributed by atoms with van der Waals surface area (Å²) in [6.07, 6.45) is 3.41. The second kappa shape index (κ2) is 3.47. The molecule has 2 aromatic rings. The van der Waals surface area contributed by atoms with Gasteiger partial charge < -0.3 is 4.42 Å². The van der Waals surface area contributed by atoms with Crippen LogP contribution in [0.2, 0.25) is 0 Å². The van der Waals surface area contributed by atoms with E-state index in [1.54, 1.807) is 17.9 Å². The Hall–Kier alpha value is -0.870. The molecule has 0 aliphatic carbocycles. The summed E-state index contributed by atoms with van der Waals surface area (Å²) in [6.45, 7) is 1.82. The molecule has 3 nitrogen and oxygen atoms in total. The molecule has 68 valence electrons. The molecule has 0 spiro atoms. The molecule has 0 radical (unpaired) electrons. The molecule has 2 aromatic heterocycles. The second-order valence-corrected chi connectivity index (χ2v) is 4.09. The van der Waals surface area contributed by atoms with Crippen molar-refractivity contribution in [3.8, 4) is 10.6 Å². The quantitative estimate of drug-likeness (QED) is 0.722. The molecule has 1 unspecified atom stereocenters. The van der Waals surface area contributed by atoms with E-state index < -0.39 is 0 Å². The van der Waals surface area contributed by atoms with E-state index in [-0.39, 0.29) is 5.38 Å². The molecule has 0 aromatic carbocycles. The van der Waals surface area contributed by atoms with Crippen LogP contribution in [0.5, 0.6) is 0 Å². The Morgan fingerprint density at radius 1 is 1.54 bits per heavy atom. The fourth-order valence-electron chi connectivity index (χ4n) is 0.923. The summed E-state index contributed by atoms with van der Waals surface area (Å²) in [5.74, 6) is 1.27. The van der Waals surface area contributed by atoms with Crippen molar-refractivity contribution in [3.05, 3.63) is 23.8 Å². The molecular formula is C8H7ClN2OS. The van der Waals surface area contributed by atoms with Gasteiger partial charge in [-0.1, -0.05) is 0 Å². The van der Waals surface area contributed by atoms with Gasteiger partial charge in [-0.05, 0) is 6.92 Å². The number of aromatic nitrogens is 2. The predicted molar refractivity (Wildman–Crippen MR) is 51.9 cm³/mol. The first kappa shape index (κ1) is 8.72. The molecule has 0 saturated heterocycles. The maximum atomic E-state index is 5.81. The number of thiazole rings is 1. The lowest BCUT2D eigenvalue weighted by Gasteiger charge is -1.93. The molecule has 2 heterocycles. The lowest BCUT2D eigenvalue weighted by atomic mass is 10.4. The SMILES string of the molecule is CC(Cl)c1ncc(-c2cncs2)o1. The van der Waals surface area contributed by atoms with Gasteiger partial charge in [0.25, 0.3) is 0 Å². The van der Waals surface area contributed by atoms with Gasteiger partial charge in [0.1, 0.15) is 5.38 Å². The molecule has 0 amide bonds. The Bertz CT molecular complexity index is 383. The van der Waals surface area contributed by atoms with Gasteiger partial charge in [-0.25, -0.2) is 4.98 Å². The highest BCUT2D eigenvalue weighted by molar-refractivity contribution is 7.13. The molecule has 5 heteroatoms. The smallest absolute Gasteiger partial charge is 0.212 e. The van der Waals surface area contributed by atoms with E-state index in [1.165, 1.54) is 11.3 Å². The van der Waals surface area contributed by atoms with E-state index in [1.807, 2.05) is 6.92 Å². The minimum absolute atomic E-state index is 0.193. The minimum atomic E-state index is -0.193. The van der Waals surface area contributed by atoms with E-state index in [0.717, 1.165) is 10.6 Å². The number of hydrogen-bond donors (Lipinski definition) is 0. The van der Waals surface area contributed by atoms with Crippen molar-refractivity contribution in [1.82, 2.24) is 9.97 Å². The average Bonchev–Trinajstić information content (AvgIpc) is 2.75. The number of alkyl halides is 1. The first-order chi connectivity index (χ1) is 6.27. The molecule has 0 saturated carbocycles. The molecule has 0 N–H and O–H groups in total. The van der Waals surface area contributed by atoms with Crippen LogP contribution in [0.4, 0.5) is 0 Å². The van der Waals surface area contributed by atoms with E-state index in [4.69, 9.17) is 16.0 Å². The van der Waals surface area contributed by atoms with Gasteiger partial charge in [0.05, 0.1) is 16.6 Å². The van der Waals surface area contributed by atoms with Crippen LogP contribution in [0.15, 0.2) is 22.3 Å². The van der Waals surface area contributed by atoms with Crippen LogP contribution in [0.25, 0.3) is 10.6 Å². The van der Waals surface area contributed by atoms with Crippen molar-refractivity contribution in [3.63, 3.8) is 0 Å². The largest absolute Gasteiger partial charge is 0.438 e. The normalized spacial score (nSPS) is 13.1. The maximum Gasteiger partial charge on any atom is 0.212 e. The molecular weight excluding hydrogens is 208 g/mol. The van der Waals surface area contributed by atoms with Crippen LogP contribution in [-0.2, 0) is 0 Å². The van der Waals surface area contributed by atoms with Crippen molar-refractivity contribution < 1.29 is 4.42 Å². The Kier molecular flexibility index (Phi) is 2.33. The third kappa shape index (κ3) is 1.73. The third-order valence-corrected chi connectivity index (χ3v) is 2.51. The van der Waals surface area contributed by atoms with Crippen LogP contribution in [0.3, 0.4) is 0 Å². The van der Waals surface area contributed by atoms with E-state index in [2.05, 4.69) is 9.97 Å². The Morgan fingerprint density at radius 3 is 2.92 bits per heavy atom. The van der Waals surface area contributed by atoms with Gasteiger partial charge in [-0.15, -0.1) is 22.9 Å². The lowest BCUT2D eigenvalue weighted by molar-refractivity contribution is 0.509. The maximum absolute atomic E-state index is 5.81. The van der Waals surface area contributed by atoms with Gasteiger partial charge >= 0.3 is 0 Å². The van der Waals surface area contributed by atoms with Crippen molar-refractivity contribution in [1.29, 1.82) is 0 Å².